The van der Waals surface area contributed by atoms with Crippen LogP contribution in [0.3, 0.4) is 0 Å². The number of halogens is 2. The molecule has 0 saturated carbocycles. The first-order chi connectivity index (χ1) is 7.27. The number of hydrogen-bond donors (Lipinski definition) is 1. The average Bonchev–Trinajstić information content (AvgIpc) is 2.50. The number of benzene rings is 1. The molecule has 1 heterocycles. The van der Waals surface area contributed by atoms with Crippen LogP contribution in [0.5, 0.6) is 0 Å². The van der Waals surface area contributed by atoms with Crippen LogP contribution in [-0.2, 0) is 0 Å². The summed E-state index contributed by atoms with van der Waals surface area (Å²) in [5, 5.41) is 4.17. The molecule has 1 fully saturated rings. The van der Waals surface area contributed by atoms with Crippen LogP contribution in [0.1, 0.15) is 6.42 Å². The van der Waals surface area contributed by atoms with Crippen molar-refractivity contribution in [2.45, 2.75) is 6.42 Å². The Hall–Kier alpha value is -0.250. The Morgan fingerprint density at radius 1 is 1.27 bits per heavy atom. The highest BCUT2D eigenvalue weighted by Crippen LogP contribution is 2.27. The van der Waals surface area contributed by atoms with E-state index in [1.807, 2.05) is 12.1 Å². The summed E-state index contributed by atoms with van der Waals surface area (Å²) >= 11 is 9.49. The quantitative estimate of drug-likeness (QED) is 0.855. The molecule has 1 saturated heterocycles. The lowest BCUT2D eigenvalue weighted by Gasteiger charge is -2.22. The first kappa shape index (κ1) is 11.2. The number of nitrogens with one attached hydrogen (secondary N) is 1. The molecule has 2 nitrogen and oxygen atoms in total. The van der Waals surface area contributed by atoms with Gasteiger partial charge in [-0.3, -0.25) is 0 Å². The summed E-state index contributed by atoms with van der Waals surface area (Å²) < 4.78 is 0.959. The summed E-state index contributed by atoms with van der Waals surface area (Å²) in [6, 6.07) is 6.15. The van der Waals surface area contributed by atoms with Gasteiger partial charge in [0.2, 0.25) is 0 Å². The van der Waals surface area contributed by atoms with Crippen LogP contribution in [0, 0.1) is 0 Å². The molecule has 1 aliphatic rings. The van der Waals surface area contributed by atoms with Crippen molar-refractivity contribution in [3.8, 4) is 0 Å². The largest absolute Gasteiger partial charge is 0.370 e. The Kier molecular flexibility index (Phi) is 3.89. The van der Waals surface area contributed by atoms with Crippen molar-refractivity contribution in [1.82, 2.24) is 5.32 Å². The lowest BCUT2D eigenvalue weighted by molar-refractivity contribution is 0.724. The Balaban J connectivity index is 2.16. The molecule has 2 rings (SSSR count). The summed E-state index contributed by atoms with van der Waals surface area (Å²) in [4.78, 5) is 2.37. The third-order valence-corrected chi connectivity index (χ3v) is 3.84. The summed E-state index contributed by atoms with van der Waals surface area (Å²) in [6.07, 6.45) is 1.19. The number of rotatable bonds is 1. The zero-order valence-corrected chi connectivity index (χ0v) is 10.8. The van der Waals surface area contributed by atoms with Crippen LogP contribution >= 0.6 is 27.5 Å². The third-order valence-electron chi connectivity index (χ3n) is 2.61. The van der Waals surface area contributed by atoms with Crippen molar-refractivity contribution in [3.05, 3.63) is 27.7 Å². The van der Waals surface area contributed by atoms with Gasteiger partial charge in [0.25, 0.3) is 0 Å². The predicted octanol–water partition coefficient (Wildman–Crippen LogP) is 2.90. The molecule has 0 aromatic heterocycles. The van der Waals surface area contributed by atoms with E-state index in [-0.39, 0.29) is 0 Å². The second kappa shape index (κ2) is 5.19. The molecule has 1 aromatic carbocycles. The molecule has 4 heteroatoms. The standard InChI is InChI=1S/C11H14BrClN2/c12-10-3-2-9(8-11(10)13)15-6-1-4-14-5-7-15/h2-3,8,14H,1,4-7H2. The van der Waals surface area contributed by atoms with Gasteiger partial charge >= 0.3 is 0 Å². The van der Waals surface area contributed by atoms with Crippen LogP contribution < -0.4 is 10.2 Å². The second-order valence-corrected chi connectivity index (χ2v) is 4.95. The number of hydrogen-bond acceptors (Lipinski definition) is 2. The van der Waals surface area contributed by atoms with Gasteiger partial charge in [0.1, 0.15) is 0 Å². The van der Waals surface area contributed by atoms with E-state index < -0.39 is 0 Å². The van der Waals surface area contributed by atoms with E-state index in [1.54, 1.807) is 0 Å². The zero-order valence-electron chi connectivity index (χ0n) is 8.47. The van der Waals surface area contributed by atoms with Gasteiger partial charge in [-0.15, -0.1) is 0 Å². The van der Waals surface area contributed by atoms with Gasteiger partial charge in [-0.2, -0.15) is 0 Å². The van der Waals surface area contributed by atoms with Crippen LogP contribution in [0.25, 0.3) is 0 Å². The van der Waals surface area contributed by atoms with Gasteiger partial charge in [0.15, 0.2) is 0 Å². The topological polar surface area (TPSA) is 15.3 Å². The van der Waals surface area contributed by atoms with E-state index in [9.17, 15) is 0 Å². The fourth-order valence-electron chi connectivity index (χ4n) is 1.79. The molecular weight excluding hydrogens is 275 g/mol. The van der Waals surface area contributed by atoms with Gasteiger partial charge in [0.05, 0.1) is 5.02 Å². The van der Waals surface area contributed by atoms with Crippen LogP contribution in [-0.4, -0.2) is 26.2 Å². The monoisotopic (exact) mass is 288 g/mol. The maximum Gasteiger partial charge on any atom is 0.0568 e. The van der Waals surface area contributed by atoms with Gasteiger partial charge in [0, 0.05) is 29.8 Å². The average molecular weight is 290 g/mol. The van der Waals surface area contributed by atoms with Gasteiger partial charge in [-0.1, -0.05) is 11.6 Å². The highest BCUT2D eigenvalue weighted by molar-refractivity contribution is 9.10. The first-order valence-electron chi connectivity index (χ1n) is 5.18. The van der Waals surface area contributed by atoms with E-state index in [0.717, 1.165) is 35.7 Å². The first-order valence-corrected chi connectivity index (χ1v) is 6.35. The minimum absolute atomic E-state index is 0.782. The van der Waals surface area contributed by atoms with Gasteiger partial charge in [-0.05, 0) is 47.1 Å². The van der Waals surface area contributed by atoms with Crippen molar-refractivity contribution in [2.75, 3.05) is 31.1 Å². The zero-order chi connectivity index (χ0) is 10.7. The fraction of sp³-hybridized carbons (Fsp3) is 0.455. The molecule has 82 valence electrons. The van der Waals surface area contributed by atoms with E-state index >= 15 is 0 Å². The van der Waals surface area contributed by atoms with Crippen LogP contribution in [0.15, 0.2) is 22.7 Å². The van der Waals surface area contributed by atoms with Crippen LogP contribution in [0.2, 0.25) is 5.02 Å². The van der Waals surface area contributed by atoms with Gasteiger partial charge < -0.3 is 10.2 Å². The summed E-state index contributed by atoms with van der Waals surface area (Å²) in [5.74, 6) is 0. The lowest BCUT2D eigenvalue weighted by atomic mass is 10.2. The molecule has 0 radical (unpaired) electrons. The summed E-state index contributed by atoms with van der Waals surface area (Å²) in [7, 11) is 0. The SMILES string of the molecule is Clc1cc(N2CCCNCC2)ccc1Br. The fourth-order valence-corrected chi connectivity index (χ4v) is 2.21. The Labute approximate surface area is 104 Å². The maximum atomic E-state index is 6.08. The highest BCUT2D eigenvalue weighted by Gasteiger charge is 2.10. The van der Waals surface area contributed by atoms with E-state index in [0.29, 0.717) is 0 Å². The lowest BCUT2D eigenvalue weighted by Crippen LogP contribution is -2.27. The molecule has 0 amide bonds. The maximum absolute atomic E-state index is 6.08. The molecule has 0 spiro atoms. The van der Waals surface area contributed by atoms with Crippen molar-refractivity contribution in [1.29, 1.82) is 0 Å². The summed E-state index contributed by atoms with van der Waals surface area (Å²) in [5.41, 5.74) is 1.21. The molecular formula is C11H14BrClN2. The molecule has 0 unspecified atom stereocenters. The molecule has 1 aliphatic heterocycles. The Morgan fingerprint density at radius 2 is 2.13 bits per heavy atom. The van der Waals surface area contributed by atoms with Crippen molar-refractivity contribution in [2.24, 2.45) is 0 Å². The highest BCUT2D eigenvalue weighted by atomic mass is 79.9. The van der Waals surface area contributed by atoms with Crippen molar-refractivity contribution < 1.29 is 0 Å². The molecule has 15 heavy (non-hydrogen) atoms. The predicted molar refractivity (Wildman–Crippen MR) is 68.9 cm³/mol. The van der Waals surface area contributed by atoms with Crippen LogP contribution in [0.4, 0.5) is 5.69 Å². The summed E-state index contributed by atoms with van der Waals surface area (Å²) in [6.45, 7) is 4.32. The minimum atomic E-state index is 0.782. The van der Waals surface area contributed by atoms with E-state index in [2.05, 4.69) is 32.2 Å². The Morgan fingerprint density at radius 3 is 2.93 bits per heavy atom. The van der Waals surface area contributed by atoms with E-state index in [4.69, 9.17) is 11.6 Å². The van der Waals surface area contributed by atoms with E-state index in [1.165, 1.54) is 12.1 Å². The molecule has 0 bridgehead atoms. The van der Waals surface area contributed by atoms with Crippen molar-refractivity contribution >= 4 is 33.2 Å². The third kappa shape index (κ3) is 2.86. The molecule has 1 aromatic rings. The van der Waals surface area contributed by atoms with Gasteiger partial charge in [-0.25, -0.2) is 0 Å². The normalized spacial score (nSPS) is 17.6. The minimum Gasteiger partial charge on any atom is -0.370 e. The number of nitrogens with zero attached hydrogens (tertiary/aromatic N) is 1. The molecule has 0 aliphatic carbocycles. The molecule has 0 atom stereocenters. The molecule has 1 N–H and O–H groups in total. The Bertz CT molecular complexity index is 335. The number of anilines is 1. The smallest absolute Gasteiger partial charge is 0.0568 e. The van der Waals surface area contributed by atoms with Crippen molar-refractivity contribution in [3.63, 3.8) is 0 Å². The second-order valence-electron chi connectivity index (χ2n) is 3.69.